The van der Waals surface area contributed by atoms with E-state index in [-0.39, 0.29) is 5.91 Å². The second kappa shape index (κ2) is 5.91. The van der Waals surface area contributed by atoms with Crippen molar-refractivity contribution in [2.75, 3.05) is 24.3 Å². The van der Waals surface area contributed by atoms with Gasteiger partial charge in [-0.3, -0.25) is 4.79 Å². The third kappa shape index (κ3) is 3.37. The van der Waals surface area contributed by atoms with E-state index in [0.29, 0.717) is 17.2 Å². The minimum absolute atomic E-state index is 0.147. The summed E-state index contributed by atoms with van der Waals surface area (Å²) < 4.78 is 0. The molecule has 0 bridgehead atoms. The van der Waals surface area contributed by atoms with Gasteiger partial charge < -0.3 is 10.2 Å². The molecular weight excluding hydrogens is 264 g/mol. The van der Waals surface area contributed by atoms with E-state index >= 15 is 0 Å². The fraction of sp³-hybridized carbons (Fsp3) is 0.312. The maximum absolute atomic E-state index is 12.3. The number of aryl methyl sites for hydroxylation is 3. The van der Waals surface area contributed by atoms with Gasteiger partial charge in [0, 0.05) is 19.7 Å². The van der Waals surface area contributed by atoms with E-state index in [1.54, 1.807) is 6.07 Å². The van der Waals surface area contributed by atoms with Crippen LogP contribution in [0.2, 0.25) is 0 Å². The summed E-state index contributed by atoms with van der Waals surface area (Å²) in [4.78, 5) is 22.9. The highest BCUT2D eigenvalue weighted by molar-refractivity contribution is 6.04. The third-order valence-corrected chi connectivity index (χ3v) is 3.18. The van der Waals surface area contributed by atoms with Crippen LogP contribution >= 0.6 is 0 Å². The minimum atomic E-state index is -0.147. The molecule has 0 aliphatic heterocycles. The molecule has 1 aromatic heterocycles. The van der Waals surface area contributed by atoms with Crippen LogP contribution in [0.1, 0.15) is 27.3 Å². The first-order valence-electron chi connectivity index (χ1n) is 6.79. The summed E-state index contributed by atoms with van der Waals surface area (Å²) in [6.45, 7) is 5.70. The summed E-state index contributed by atoms with van der Waals surface area (Å²) in [7, 11) is 3.78. The van der Waals surface area contributed by atoms with Crippen molar-refractivity contribution in [1.82, 2.24) is 9.97 Å². The van der Waals surface area contributed by atoms with E-state index in [1.165, 1.54) is 0 Å². The Hall–Kier alpha value is -2.43. The lowest BCUT2D eigenvalue weighted by atomic mass is 10.1. The van der Waals surface area contributed by atoms with E-state index in [0.717, 1.165) is 17.0 Å². The standard InChI is InChI=1S/C16H20N4O/c1-10-7-6-8-13(9-10)15(21)19-14-11(2)17-16(20(4)5)18-12(14)3/h6-9H,1-5H3,(H,19,21). The number of carbonyl (C=O) groups is 1. The number of aromatic nitrogens is 2. The number of carbonyl (C=O) groups excluding carboxylic acids is 1. The second-order valence-electron chi connectivity index (χ2n) is 5.29. The molecule has 0 aliphatic carbocycles. The van der Waals surface area contributed by atoms with Crippen molar-refractivity contribution in [2.24, 2.45) is 0 Å². The molecule has 5 heteroatoms. The van der Waals surface area contributed by atoms with E-state index in [9.17, 15) is 4.79 Å². The maximum Gasteiger partial charge on any atom is 0.255 e. The fourth-order valence-corrected chi connectivity index (χ4v) is 2.05. The zero-order valence-electron chi connectivity index (χ0n) is 13.1. The number of rotatable bonds is 3. The van der Waals surface area contributed by atoms with Crippen molar-refractivity contribution >= 4 is 17.5 Å². The van der Waals surface area contributed by atoms with Crippen molar-refractivity contribution in [3.8, 4) is 0 Å². The first kappa shape index (κ1) is 15.0. The Morgan fingerprint density at radius 1 is 1.10 bits per heavy atom. The SMILES string of the molecule is Cc1cccc(C(=O)Nc2c(C)nc(N(C)C)nc2C)c1. The molecule has 1 heterocycles. The van der Waals surface area contributed by atoms with E-state index in [1.807, 2.05) is 58.0 Å². The number of benzene rings is 1. The molecule has 0 spiro atoms. The summed E-state index contributed by atoms with van der Waals surface area (Å²) in [6, 6.07) is 7.48. The Bertz CT molecular complexity index is 657. The lowest BCUT2D eigenvalue weighted by Crippen LogP contribution is -2.18. The van der Waals surface area contributed by atoms with Crippen molar-refractivity contribution < 1.29 is 4.79 Å². The average Bonchev–Trinajstić information content (AvgIpc) is 2.42. The van der Waals surface area contributed by atoms with E-state index in [4.69, 9.17) is 0 Å². The molecule has 5 nitrogen and oxygen atoms in total. The topological polar surface area (TPSA) is 58.1 Å². The highest BCUT2D eigenvalue weighted by Gasteiger charge is 2.13. The smallest absolute Gasteiger partial charge is 0.255 e. The molecular formula is C16H20N4O. The van der Waals surface area contributed by atoms with E-state index < -0.39 is 0 Å². The molecule has 0 fully saturated rings. The van der Waals surface area contributed by atoms with Gasteiger partial charge >= 0.3 is 0 Å². The molecule has 1 N–H and O–H groups in total. The first-order chi connectivity index (χ1) is 9.88. The van der Waals surface area contributed by atoms with Gasteiger partial charge in [-0.25, -0.2) is 9.97 Å². The molecule has 0 saturated carbocycles. The van der Waals surface area contributed by atoms with Crippen molar-refractivity contribution in [2.45, 2.75) is 20.8 Å². The lowest BCUT2D eigenvalue weighted by Gasteiger charge is -2.15. The lowest BCUT2D eigenvalue weighted by molar-refractivity contribution is 0.102. The Labute approximate surface area is 125 Å². The number of hydrogen-bond donors (Lipinski definition) is 1. The largest absolute Gasteiger partial charge is 0.347 e. The number of amides is 1. The molecule has 0 aliphatic rings. The molecule has 0 radical (unpaired) electrons. The number of nitrogens with one attached hydrogen (secondary N) is 1. The highest BCUT2D eigenvalue weighted by atomic mass is 16.1. The molecule has 1 aromatic carbocycles. The molecule has 2 rings (SSSR count). The average molecular weight is 284 g/mol. The zero-order valence-corrected chi connectivity index (χ0v) is 13.1. The Morgan fingerprint density at radius 3 is 2.24 bits per heavy atom. The first-order valence-corrected chi connectivity index (χ1v) is 6.79. The minimum Gasteiger partial charge on any atom is -0.347 e. The van der Waals surface area contributed by atoms with Gasteiger partial charge in [-0.05, 0) is 32.9 Å². The molecule has 21 heavy (non-hydrogen) atoms. The number of nitrogens with zero attached hydrogens (tertiary/aromatic N) is 3. The van der Waals surface area contributed by atoms with Crippen molar-refractivity contribution in [3.05, 3.63) is 46.8 Å². The second-order valence-corrected chi connectivity index (χ2v) is 5.29. The van der Waals surface area contributed by atoms with Crippen LogP contribution in [0, 0.1) is 20.8 Å². The predicted octanol–water partition coefficient (Wildman–Crippen LogP) is 2.72. The van der Waals surface area contributed by atoms with Crippen molar-refractivity contribution in [1.29, 1.82) is 0 Å². The van der Waals surface area contributed by atoms with Crippen LogP contribution in [-0.4, -0.2) is 30.0 Å². The summed E-state index contributed by atoms with van der Waals surface area (Å²) in [5, 5.41) is 2.91. The van der Waals surface area contributed by atoms with Crippen molar-refractivity contribution in [3.63, 3.8) is 0 Å². The van der Waals surface area contributed by atoms with Gasteiger partial charge in [0.25, 0.3) is 5.91 Å². The maximum atomic E-state index is 12.3. The van der Waals surface area contributed by atoms with Gasteiger partial charge in [0.05, 0.1) is 17.1 Å². The van der Waals surface area contributed by atoms with E-state index in [2.05, 4.69) is 15.3 Å². The Morgan fingerprint density at radius 2 is 1.71 bits per heavy atom. The molecule has 110 valence electrons. The Kier molecular flexibility index (Phi) is 4.21. The molecule has 0 saturated heterocycles. The highest BCUT2D eigenvalue weighted by Crippen LogP contribution is 2.20. The van der Waals surface area contributed by atoms with Crippen LogP contribution in [0.15, 0.2) is 24.3 Å². The van der Waals surface area contributed by atoms with Gasteiger partial charge in [-0.2, -0.15) is 0 Å². The van der Waals surface area contributed by atoms with Crippen LogP contribution in [0.3, 0.4) is 0 Å². The summed E-state index contributed by atoms with van der Waals surface area (Å²) in [5.74, 6) is 0.490. The quantitative estimate of drug-likeness (QED) is 0.941. The molecule has 2 aromatic rings. The van der Waals surface area contributed by atoms with Gasteiger partial charge in [-0.15, -0.1) is 0 Å². The van der Waals surface area contributed by atoms with Crippen LogP contribution in [0.5, 0.6) is 0 Å². The summed E-state index contributed by atoms with van der Waals surface area (Å²) in [6.07, 6.45) is 0. The van der Waals surface area contributed by atoms with Gasteiger partial charge in [-0.1, -0.05) is 17.7 Å². The third-order valence-electron chi connectivity index (χ3n) is 3.18. The van der Waals surface area contributed by atoms with Gasteiger partial charge in [0.15, 0.2) is 0 Å². The van der Waals surface area contributed by atoms with Crippen LogP contribution in [0.4, 0.5) is 11.6 Å². The normalized spacial score (nSPS) is 10.3. The number of hydrogen-bond acceptors (Lipinski definition) is 4. The Balaban J connectivity index is 2.29. The fourth-order valence-electron chi connectivity index (χ4n) is 2.05. The van der Waals surface area contributed by atoms with Gasteiger partial charge in [0.1, 0.15) is 0 Å². The number of anilines is 2. The van der Waals surface area contributed by atoms with Gasteiger partial charge in [0.2, 0.25) is 5.95 Å². The summed E-state index contributed by atoms with van der Waals surface area (Å²) in [5.41, 5.74) is 3.87. The van der Waals surface area contributed by atoms with Crippen LogP contribution in [0.25, 0.3) is 0 Å². The summed E-state index contributed by atoms with van der Waals surface area (Å²) >= 11 is 0. The molecule has 1 amide bonds. The molecule has 0 atom stereocenters. The predicted molar refractivity (Wildman–Crippen MR) is 85.0 cm³/mol. The van der Waals surface area contributed by atoms with Crippen LogP contribution < -0.4 is 10.2 Å². The van der Waals surface area contributed by atoms with Crippen LogP contribution in [-0.2, 0) is 0 Å². The monoisotopic (exact) mass is 284 g/mol. The molecule has 0 unspecified atom stereocenters. The zero-order chi connectivity index (χ0) is 15.6.